The second kappa shape index (κ2) is 5.35. The first-order chi connectivity index (χ1) is 7.83. The quantitative estimate of drug-likeness (QED) is 0.840. The van der Waals surface area contributed by atoms with Gasteiger partial charge in [-0.2, -0.15) is 0 Å². The van der Waals surface area contributed by atoms with Gasteiger partial charge < -0.3 is 10.1 Å². The van der Waals surface area contributed by atoms with Crippen LogP contribution in [0.15, 0.2) is 18.2 Å². The maximum absolute atomic E-state index is 5.53. The van der Waals surface area contributed by atoms with Gasteiger partial charge in [-0.25, -0.2) is 0 Å². The minimum absolute atomic E-state index is 0.662. The Morgan fingerprint density at radius 3 is 2.94 bits per heavy atom. The van der Waals surface area contributed by atoms with E-state index in [1.807, 2.05) is 6.92 Å². The molecule has 16 heavy (non-hydrogen) atoms. The summed E-state index contributed by atoms with van der Waals surface area (Å²) in [6, 6.07) is 7.19. The van der Waals surface area contributed by atoms with E-state index in [-0.39, 0.29) is 0 Å². The molecule has 1 aliphatic rings. The Morgan fingerprint density at radius 1 is 1.31 bits per heavy atom. The van der Waals surface area contributed by atoms with Crippen molar-refractivity contribution in [3.63, 3.8) is 0 Å². The molecule has 1 aromatic rings. The smallest absolute Gasteiger partial charge is 0.119 e. The fourth-order valence-electron chi connectivity index (χ4n) is 2.45. The molecule has 0 bridgehead atoms. The predicted octanol–water partition coefficient (Wildman–Crippen LogP) is 2.55. The number of hydrogen-bond donors (Lipinski definition) is 1. The minimum atomic E-state index is 0.662. The molecule has 0 amide bonds. The molecule has 2 nitrogen and oxygen atoms in total. The highest BCUT2D eigenvalue weighted by Crippen LogP contribution is 2.25. The Balaban J connectivity index is 2.09. The van der Waals surface area contributed by atoms with Crippen molar-refractivity contribution >= 4 is 0 Å². The van der Waals surface area contributed by atoms with E-state index in [2.05, 4.69) is 30.4 Å². The van der Waals surface area contributed by atoms with Crippen molar-refractivity contribution in [2.45, 2.75) is 39.2 Å². The number of rotatable bonds is 4. The molecule has 0 radical (unpaired) electrons. The lowest BCUT2D eigenvalue weighted by molar-refractivity contribution is 0.339. The number of ether oxygens (including phenoxy) is 1. The third-order valence-corrected chi connectivity index (χ3v) is 3.21. The normalized spacial score (nSPS) is 19.2. The van der Waals surface area contributed by atoms with Crippen LogP contribution in [0.1, 0.15) is 31.4 Å². The third kappa shape index (κ3) is 2.56. The number of fused-ring (bicyclic) bond motifs is 1. The summed E-state index contributed by atoms with van der Waals surface area (Å²) in [6.07, 6.45) is 3.58. The van der Waals surface area contributed by atoms with E-state index in [0.717, 1.165) is 25.3 Å². The molecule has 2 rings (SSSR count). The summed E-state index contributed by atoms with van der Waals surface area (Å²) in [6.45, 7) is 6.02. The van der Waals surface area contributed by atoms with Gasteiger partial charge in [0.2, 0.25) is 0 Å². The largest absolute Gasteiger partial charge is 0.494 e. The van der Waals surface area contributed by atoms with Gasteiger partial charge >= 0.3 is 0 Å². The zero-order valence-corrected chi connectivity index (χ0v) is 10.3. The van der Waals surface area contributed by atoms with Crippen LogP contribution >= 0.6 is 0 Å². The van der Waals surface area contributed by atoms with Crippen LogP contribution in [-0.4, -0.2) is 19.2 Å². The van der Waals surface area contributed by atoms with Crippen molar-refractivity contribution < 1.29 is 4.74 Å². The van der Waals surface area contributed by atoms with E-state index in [0.29, 0.717) is 6.04 Å². The molecule has 0 fully saturated rings. The number of hydrogen-bond acceptors (Lipinski definition) is 2. The standard InChI is InChI=1S/C14H21NO/c1-3-15-13-7-5-12-10-14(16-4-2)8-6-11(12)9-13/h6,8,10,13,15H,3-5,7,9H2,1-2H3. The van der Waals surface area contributed by atoms with Gasteiger partial charge in [0.05, 0.1) is 6.61 Å². The lowest BCUT2D eigenvalue weighted by atomic mass is 9.88. The van der Waals surface area contributed by atoms with E-state index in [1.165, 1.54) is 24.0 Å². The molecule has 2 heteroatoms. The van der Waals surface area contributed by atoms with Crippen molar-refractivity contribution in [3.8, 4) is 5.75 Å². The molecule has 0 aromatic heterocycles. The van der Waals surface area contributed by atoms with Crippen LogP contribution in [-0.2, 0) is 12.8 Å². The molecule has 88 valence electrons. The molecule has 0 saturated heterocycles. The summed E-state index contributed by atoms with van der Waals surface area (Å²) >= 11 is 0. The molecular weight excluding hydrogens is 198 g/mol. The second-order valence-electron chi connectivity index (χ2n) is 4.36. The van der Waals surface area contributed by atoms with Gasteiger partial charge in [0.15, 0.2) is 0 Å². The maximum Gasteiger partial charge on any atom is 0.119 e. The zero-order chi connectivity index (χ0) is 11.4. The Kier molecular flexibility index (Phi) is 3.83. The summed E-state index contributed by atoms with van der Waals surface area (Å²) in [5, 5.41) is 3.53. The van der Waals surface area contributed by atoms with Gasteiger partial charge in [-0.3, -0.25) is 0 Å². The SMILES string of the molecule is CCNC1CCc2cc(OCC)ccc2C1. The first-order valence-electron chi connectivity index (χ1n) is 6.31. The van der Waals surface area contributed by atoms with Crippen LogP contribution in [0.25, 0.3) is 0 Å². The lowest BCUT2D eigenvalue weighted by Gasteiger charge is -2.25. The van der Waals surface area contributed by atoms with Crippen molar-refractivity contribution in [1.29, 1.82) is 0 Å². The Hall–Kier alpha value is -1.02. The molecule has 1 N–H and O–H groups in total. The van der Waals surface area contributed by atoms with Gasteiger partial charge in [-0.15, -0.1) is 0 Å². The average molecular weight is 219 g/mol. The molecule has 0 aliphatic heterocycles. The lowest BCUT2D eigenvalue weighted by Crippen LogP contribution is -2.34. The van der Waals surface area contributed by atoms with Crippen LogP contribution in [0.3, 0.4) is 0 Å². The molecule has 1 atom stereocenters. The second-order valence-corrected chi connectivity index (χ2v) is 4.36. The maximum atomic E-state index is 5.53. The summed E-state index contributed by atoms with van der Waals surface area (Å²) in [5.74, 6) is 1.02. The van der Waals surface area contributed by atoms with Gasteiger partial charge in [0.1, 0.15) is 5.75 Å². The highest BCUT2D eigenvalue weighted by Gasteiger charge is 2.17. The van der Waals surface area contributed by atoms with Gasteiger partial charge in [0, 0.05) is 6.04 Å². The van der Waals surface area contributed by atoms with Crippen molar-refractivity contribution in [3.05, 3.63) is 29.3 Å². The summed E-state index contributed by atoms with van der Waals surface area (Å²) in [4.78, 5) is 0. The van der Waals surface area contributed by atoms with Crippen molar-refractivity contribution in [2.75, 3.05) is 13.2 Å². The summed E-state index contributed by atoms with van der Waals surface area (Å²) in [7, 11) is 0. The minimum Gasteiger partial charge on any atom is -0.494 e. The molecule has 1 aliphatic carbocycles. The fourth-order valence-corrected chi connectivity index (χ4v) is 2.45. The molecule has 1 unspecified atom stereocenters. The van der Waals surface area contributed by atoms with E-state index in [1.54, 1.807) is 0 Å². The first kappa shape index (κ1) is 11.5. The summed E-state index contributed by atoms with van der Waals surface area (Å²) in [5.41, 5.74) is 2.96. The molecule has 0 heterocycles. The van der Waals surface area contributed by atoms with Crippen LogP contribution in [0.2, 0.25) is 0 Å². The number of aryl methyl sites for hydroxylation is 1. The Bertz CT molecular complexity index is 349. The monoisotopic (exact) mass is 219 g/mol. The van der Waals surface area contributed by atoms with Crippen molar-refractivity contribution in [1.82, 2.24) is 5.32 Å². The van der Waals surface area contributed by atoms with Gasteiger partial charge in [-0.05, 0) is 56.0 Å². The number of nitrogens with one attached hydrogen (secondary N) is 1. The van der Waals surface area contributed by atoms with Crippen LogP contribution in [0.4, 0.5) is 0 Å². The van der Waals surface area contributed by atoms with Crippen LogP contribution in [0.5, 0.6) is 5.75 Å². The van der Waals surface area contributed by atoms with Gasteiger partial charge in [-0.1, -0.05) is 13.0 Å². The molecule has 0 saturated carbocycles. The first-order valence-corrected chi connectivity index (χ1v) is 6.31. The zero-order valence-electron chi connectivity index (χ0n) is 10.3. The molecular formula is C14H21NO. The third-order valence-electron chi connectivity index (χ3n) is 3.21. The van der Waals surface area contributed by atoms with Crippen LogP contribution in [0, 0.1) is 0 Å². The number of likely N-dealkylation sites (N-methyl/N-ethyl adjacent to an activating group) is 1. The predicted molar refractivity (Wildman–Crippen MR) is 67.1 cm³/mol. The fraction of sp³-hybridized carbons (Fsp3) is 0.571. The van der Waals surface area contributed by atoms with E-state index in [9.17, 15) is 0 Å². The number of benzene rings is 1. The molecule has 0 spiro atoms. The van der Waals surface area contributed by atoms with E-state index < -0.39 is 0 Å². The topological polar surface area (TPSA) is 21.3 Å². The summed E-state index contributed by atoms with van der Waals surface area (Å²) < 4.78 is 5.53. The van der Waals surface area contributed by atoms with Crippen LogP contribution < -0.4 is 10.1 Å². The highest BCUT2D eigenvalue weighted by atomic mass is 16.5. The van der Waals surface area contributed by atoms with E-state index in [4.69, 9.17) is 4.74 Å². The molecule has 1 aromatic carbocycles. The van der Waals surface area contributed by atoms with Crippen molar-refractivity contribution in [2.24, 2.45) is 0 Å². The Morgan fingerprint density at radius 2 is 2.19 bits per heavy atom. The average Bonchev–Trinajstić information content (AvgIpc) is 2.30. The van der Waals surface area contributed by atoms with E-state index >= 15 is 0 Å². The van der Waals surface area contributed by atoms with Gasteiger partial charge in [0.25, 0.3) is 0 Å². The Labute approximate surface area is 98.0 Å². The highest BCUT2D eigenvalue weighted by molar-refractivity contribution is 5.37.